The molecule has 3 atom stereocenters. The molecule has 2 aliphatic carbocycles. The van der Waals surface area contributed by atoms with Gasteiger partial charge >= 0.3 is 5.97 Å². The SMILES string of the molecule is CC(C)c1ccc2c(c1)CCC1C(C)(CNC(=O)COC(=O)c3cncc(Br)c3)CCCC21C. The molecule has 3 unspecified atom stereocenters. The first-order valence-electron chi connectivity index (χ1n) is 12.3. The quantitative estimate of drug-likeness (QED) is 0.472. The van der Waals surface area contributed by atoms with Gasteiger partial charge in [0, 0.05) is 23.4 Å². The van der Waals surface area contributed by atoms with Crippen molar-refractivity contribution < 1.29 is 14.3 Å². The third kappa shape index (κ3) is 4.93. The molecule has 0 saturated heterocycles. The molecule has 6 heteroatoms. The minimum atomic E-state index is -0.551. The Hall–Kier alpha value is -2.21. The Morgan fingerprint density at radius 1 is 1.21 bits per heavy atom. The van der Waals surface area contributed by atoms with Crippen LogP contribution in [0.15, 0.2) is 41.1 Å². The summed E-state index contributed by atoms with van der Waals surface area (Å²) < 4.78 is 5.90. The lowest BCUT2D eigenvalue weighted by Gasteiger charge is -2.55. The van der Waals surface area contributed by atoms with Crippen LogP contribution in [0.2, 0.25) is 0 Å². The summed E-state index contributed by atoms with van der Waals surface area (Å²) in [5.74, 6) is 0.228. The molecule has 0 aliphatic heterocycles. The van der Waals surface area contributed by atoms with Gasteiger partial charge in [0.2, 0.25) is 0 Å². The summed E-state index contributed by atoms with van der Waals surface area (Å²) in [6.07, 6.45) is 8.69. The fourth-order valence-electron chi connectivity index (χ4n) is 6.30. The van der Waals surface area contributed by atoms with Crippen molar-refractivity contribution in [2.45, 2.75) is 71.1 Å². The van der Waals surface area contributed by atoms with Crippen LogP contribution in [0, 0.1) is 11.3 Å². The number of amides is 1. The fraction of sp³-hybridized carbons (Fsp3) is 0.536. The highest BCUT2D eigenvalue weighted by Crippen LogP contribution is 2.57. The molecule has 1 aromatic carbocycles. The topological polar surface area (TPSA) is 68.3 Å². The molecule has 0 spiro atoms. The highest BCUT2D eigenvalue weighted by molar-refractivity contribution is 9.10. The summed E-state index contributed by atoms with van der Waals surface area (Å²) in [7, 11) is 0. The van der Waals surface area contributed by atoms with Crippen LogP contribution in [-0.4, -0.2) is 30.0 Å². The van der Waals surface area contributed by atoms with Crippen LogP contribution in [0.3, 0.4) is 0 Å². The summed E-state index contributed by atoms with van der Waals surface area (Å²) in [6.45, 7) is 9.57. The number of fused-ring (bicyclic) bond motifs is 3. The maximum atomic E-state index is 12.6. The molecule has 182 valence electrons. The lowest BCUT2D eigenvalue weighted by molar-refractivity contribution is -0.125. The van der Waals surface area contributed by atoms with Crippen molar-refractivity contribution in [1.82, 2.24) is 10.3 Å². The van der Waals surface area contributed by atoms with Gasteiger partial charge in [-0.3, -0.25) is 9.78 Å². The van der Waals surface area contributed by atoms with Crippen molar-refractivity contribution in [2.24, 2.45) is 11.3 Å². The summed E-state index contributed by atoms with van der Waals surface area (Å²) in [5.41, 5.74) is 4.88. The minimum Gasteiger partial charge on any atom is -0.452 e. The van der Waals surface area contributed by atoms with Crippen LogP contribution < -0.4 is 5.32 Å². The maximum absolute atomic E-state index is 12.6. The van der Waals surface area contributed by atoms with Gasteiger partial charge in [0.15, 0.2) is 6.61 Å². The molecular formula is C28H35BrN2O3. The van der Waals surface area contributed by atoms with Crippen LogP contribution in [0.5, 0.6) is 0 Å². The standard InChI is InChI=1S/C28H35BrN2O3/c1-18(2)19-6-8-23-20(12-19)7-9-24-27(3,10-5-11-28(23,24)4)17-31-25(32)16-34-26(33)21-13-22(29)15-30-14-21/h6,8,12-15,18,24H,5,7,9-11,16-17H2,1-4H3,(H,31,32). The number of carbonyl (C=O) groups excluding carboxylic acids is 2. The number of aryl methyl sites for hydroxylation is 1. The summed E-state index contributed by atoms with van der Waals surface area (Å²) >= 11 is 3.29. The molecule has 1 heterocycles. The van der Waals surface area contributed by atoms with E-state index in [1.807, 2.05) is 0 Å². The van der Waals surface area contributed by atoms with Crippen molar-refractivity contribution in [3.05, 3.63) is 63.4 Å². The van der Waals surface area contributed by atoms with E-state index in [1.54, 1.807) is 12.3 Å². The zero-order chi connectivity index (χ0) is 24.5. The molecule has 1 saturated carbocycles. The first-order valence-corrected chi connectivity index (χ1v) is 13.1. The highest BCUT2D eigenvalue weighted by Gasteiger charge is 2.51. The van der Waals surface area contributed by atoms with Gasteiger partial charge in [0.05, 0.1) is 5.56 Å². The minimum absolute atomic E-state index is 0.00922. The molecule has 1 amide bonds. The number of esters is 1. The van der Waals surface area contributed by atoms with Crippen molar-refractivity contribution in [1.29, 1.82) is 0 Å². The predicted molar refractivity (Wildman–Crippen MR) is 137 cm³/mol. The Labute approximate surface area is 211 Å². The molecule has 1 N–H and O–H groups in total. The van der Waals surface area contributed by atoms with E-state index < -0.39 is 5.97 Å². The maximum Gasteiger partial charge on any atom is 0.340 e. The number of nitrogens with zero attached hydrogens (tertiary/aromatic N) is 1. The lowest BCUT2D eigenvalue weighted by atomic mass is 9.49. The fourth-order valence-corrected chi connectivity index (χ4v) is 6.67. The first-order chi connectivity index (χ1) is 16.1. The Morgan fingerprint density at radius 2 is 2.00 bits per heavy atom. The third-order valence-corrected chi connectivity index (χ3v) is 8.57. The van der Waals surface area contributed by atoms with E-state index in [0.717, 1.165) is 25.7 Å². The smallest absolute Gasteiger partial charge is 0.340 e. The Morgan fingerprint density at radius 3 is 2.74 bits per heavy atom. The van der Waals surface area contributed by atoms with Gasteiger partial charge in [-0.1, -0.05) is 52.3 Å². The monoisotopic (exact) mass is 526 g/mol. The van der Waals surface area contributed by atoms with E-state index in [0.29, 0.717) is 28.4 Å². The third-order valence-electron chi connectivity index (χ3n) is 8.13. The molecular weight excluding hydrogens is 492 g/mol. The van der Waals surface area contributed by atoms with Gasteiger partial charge < -0.3 is 10.1 Å². The number of hydrogen-bond acceptors (Lipinski definition) is 4. The summed E-state index contributed by atoms with van der Waals surface area (Å²) in [4.78, 5) is 28.7. The molecule has 2 aliphatic rings. The Kier molecular flexibility index (Phi) is 7.18. The van der Waals surface area contributed by atoms with E-state index in [-0.39, 0.29) is 23.3 Å². The highest BCUT2D eigenvalue weighted by atomic mass is 79.9. The number of ether oxygens (including phenoxy) is 1. The van der Waals surface area contributed by atoms with Crippen LogP contribution >= 0.6 is 15.9 Å². The second-order valence-electron chi connectivity index (χ2n) is 10.8. The zero-order valence-electron chi connectivity index (χ0n) is 20.6. The summed E-state index contributed by atoms with van der Waals surface area (Å²) in [6, 6.07) is 8.73. The normalized spacial score (nSPS) is 25.9. The van der Waals surface area contributed by atoms with Crippen molar-refractivity contribution in [3.63, 3.8) is 0 Å². The van der Waals surface area contributed by atoms with E-state index in [2.05, 4.69) is 72.1 Å². The largest absolute Gasteiger partial charge is 0.452 e. The van der Waals surface area contributed by atoms with Crippen LogP contribution in [0.1, 0.15) is 86.3 Å². The molecule has 5 nitrogen and oxygen atoms in total. The van der Waals surface area contributed by atoms with Gasteiger partial charge in [0.1, 0.15) is 0 Å². The number of rotatable bonds is 6. The number of hydrogen-bond donors (Lipinski definition) is 1. The van der Waals surface area contributed by atoms with Gasteiger partial charge in [0.25, 0.3) is 5.91 Å². The first kappa shape index (κ1) is 24.9. The van der Waals surface area contributed by atoms with Gasteiger partial charge in [-0.15, -0.1) is 0 Å². The van der Waals surface area contributed by atoms with Crippen molar-refractivity contribution in [2.75, 3.05) is 13.2 Å². The van der Waals surface area contributed by atoms with Gasteiger partial charge in [-0.25, -0.2) is 4.79 Å². The zero-order valence-corrected chi connectivity index (χ0v) is 22.2. The van der Waals surface area contributed by atoms with E-state index in [1.165, 1.54) is 29.3 Å². The molecule has 4 rings (SSSR count). The van der Waals surface area contributed by atoms with E-state index in [4.69, 9.17) is 4.74 Å². The molecule has 1 aromatic heterocycles. The molecule has 0 radical (unpaired) electrons. The van der Waals surface area contributed by atoms with Crippen molar-refractivity contribution >= 4 is 27.8 Å². The number of carbonyl (C=O) groups is 2. The Balaban J connectivity index is 1.40. The number of nitrogens with one attached hydrogen (secondary N) is 1. The lowest BCUT2D eigenvalue weighted by Crippen LogP contribution is -2.53. The number of benzene rings is 1. The molecule has 1 fully saturated rings. The second kappa shape index (κ2) is 9.80. The second-order valence-corrected chi connectivity index (χ2v) is 11.7. The average Bonchev–Trinajstić information content (AvgIpc) is 2.80. The van der Waals surface area contributed by atoms with Gasteiger partial charge in [-0.05, 0) is 87.0 Å². The van der Waals surface area contributed by atoms with Crippen LogP contribution in [-0.2, 0) is 21.4 Å². The average molecular weight is 528 g/mol. The Bertz CT molecular complexity index is 1090. The van der Waals surface area contributed by atoms with E-state index in [9.17, 15) is 9.59 Å². The predicted octanol–water partition coefficient (Wildman–Crippen LogP) is 5.95. The van der Waals surface area contributed by atoms with Crippen molar-refractivity contribution in [3.8, 4) is 0 Å². The molecule has 34 heavy (non-hydrogen) atoms. The van der Waals surface area contributed by atoms with E-state index >= 15 is 0 Å². The number of aromatic nitrogens is 1. The van der Waals surface area contributed by atoms with Gasteiger partial charge in [-0.2, -0.15) is 0 Å². The van der Waals surface area contributed by atoms with Crippen LogP contribution in [0.4, 0.5) is 0 Å². The summed E-state index contributed by atoms with van der Waals surface area (Å²) in [5, 5.41) is 3.07. The molecule has 2 aromatic rings. The number of halogens is 1. The van der Waals surface area contributed by atoms with Crippen LogP contribution in [0.25, 0.3) is 0 Å². The number of pyridine rings is 1. The molecule has 0 bridgehead atoms.